The molecule has 2 atom stereocenters. The lowest BCUT2D eigenvalue weighted by atomic mass is 9.85. The fourth-order valence-electron chi connectivity index (χ4n) is 3.54. The molecule has 2 aliphatic rings. The zero-order chi connectivity index (χ0) is 12.0. The molecular weight excluding hydrogens is 210 g/mol. The Morgan fingerprint density at radius 2 is 2.24 bits per heavy atom. The lowest BCUT2D eigenvalue weighted by Crippen LogP contribution is -2.45. The minimum atomic E-state index is 0.216. The standard InChI is InChI=1S/C14H21N3/c1-10-5-4-6-16-13(10)17-9-11-7-15-8-12(11)14(17,2)3/h4-6,11-12,15H,7-9H2,1-3H3. The van der Waals surface area contributed by atoms with Crippen LogP contribution in [0.15, 0.2) is 18.3 Å². The van der Waals surface area contributed by atoms with Crippen molar-refractivity contribution in [2.45, 2.75) is 26.3 Å². The Morgan fingerprint density at radius 1 is 1.41 bits per heavy atom. The molecule has 92 valence electrons. The molecule has 0 aliphatic carbocycles. The van der Waals surface area contributed by atoms with Gasteiger partial charge in [0, 0.05) is 31.4 Å². The van der Waals surface area contributed by atoms with E-state index in [9.17, 15) is 0 Å². The van der Waals surface area contributed by atoms with E-state index < -0.39 is 0 Å². The van der Waals surface area contributed by atoms with Crippen LogP contribution in [-0.4, -0.2) is 30.2 Å². The van der Waals surface area contributed by atoms with Gasteiger partial charge in [-0.15, -0.1) is 0 Å². The third-order valence-corrected chi connectivity index (χ3v) is 4.60. The van der Waals surface area contributed by atoms with Crippen molar-refractivity contribution in [2.24, 2.45) is 11.8 Å². The van der Waals surface area contributed by atoms with Crippen molar-refractivity contribution in [2.75, 3.05) is 24.5 Å². The van der Waals surface area contributed by atoms with Gasteiger partial charge in [0.05, 0.1) is 0 Å². The lowest BCUT2D eigenvalue weighted by Gasteiger charge is -2.37. The second kappa shape index (κ2) is 3.70. The first-order valence-corrected chi connectivity index (χ1v) is 6.50. The zero-order valence-electron chi connectivity index (χ0n) is 10.9. The Bertz CT molecular complexity index is 427. The molecule has 1 aromatic heterocycles. The van der Waals surface area contributed by atoms with Crippen LogP contribution < -0.4 is 10.2 Å². The predicted octanol–water partition coefficient (Wildman–Crippen LogP) is 1.82. The van der Waals surface area contributed by atoms with Gasteiger partial charge in [-0.25, -0.2) is 4.98 Å². The largest absolute Gasteiger partial charge is 0.351 e. The molecule has 1 aromatic rings. The van der Waals surface area contributed by atoms with Crippen molar-refractivity contribution in [3.63, 3.8) is 0 Å². The molecule has 0 saturated carbocycles. The predicted molar refractivity (Wildman–Crippen MR) is 70.2 cm³/mol. The van der Waals surface area contributed by atoms with Crippen LogP contribution in [0, 0.1) is 18.8 Å². The maximum absolute atomic E-state index is 4.59. The van der Waals surface area contributed by atoms with Gasteiger partial charge in [0.1, 0.15) is 5.82 Å². The summed E-state index contributed by atoms with van der Waals surface area (Å²) in [7, 11) is 0. The van der Waals surface area contributed by atoms with Gasteiger partial charge in [0.25, 0.3) is 0 Å². The number of hydrogen-bond donors (Lipinski definition) is 1. The van der Waals surface area contributed by atoms with Gasteiger partial charge in [0.2, 0.25) is 0 Å². The molecular formula is C14H21N3. The quantitative estimate of drug-likeness (QED) is 0.799. The smallest absolute Gasteiger partial charge is 0.131 e. The minimum Gasteiger partial charge on any atom is -0.351 e. The van der Waals surface area contributed by atoms with E-state index in [0.29, 0.717) is 0 Å². The lowest BCUT2D eigenvalue weighted by molar-refractivity contribution is 0.356. The van der Waals surface area contributed by atoms with Crippen molar-refractivity contribution in [1.29, 1.82) is 0 Å². The highest BCUT2D eigenvalue weighted by Gasteiger charge is 2.50. The Balaban J connectivity index is 1.97. The fraction of sp³-hybridized carbons (Fsp3) is 0.643. The van der Waals surface area contributed by atoms with Gasteiger partial charge in [0.15, 0.2) is 0 Å². The summed E-state index contributed by atoms with van der Waals surface area (Å²) in [5.41, 5.74) is 1.50. The molecule has 0 bridgehead atoms. The van der Waals surface area contributed by atoms with E-state index in [1.165, 1.54) is 11.4 Å². The minimum absolute atomic E-state index is 0.216. The van der Waals surface area contributed by atoms with Crippen LogP contribution in [0.4, 0.5) is 5.82 Å². The first kappa shape index (κ1) is 11.0. The van der Waals surface area contributed by atoms with Crippen molar-refractivity contribution in [1.82, 2.24) is 10.3 Å². The SMILES string of the molecule is Cc1cccnc1N1CC2CNCC2C1(C)C. The summed E-state index contributed by atoms with van der Waals surface area (Å²) in [6, 6.07) is 4.18. The number of pyridine rings is 1. The summed E-state index contributed by atoms with van der Waals surface area (Å²) in [6.07, 6.45) is 1.91. The Labute approximate surface area is 103 Å². The summed E-state index contributed by atoms with van der Waals surface area (Å²) in [5, 5.41) is 3.52. The highest BCUT2D eigenvalue weighted by Crippen LogP contribution is 2.43. The molecule has 1 N–H and O–H groups in total. The van der Waals surface area contributed by atoms with Crippen LogP contribution in [0.3, 0.4) is 0 Å². The molecule has 2 fully saturated rings. The number of hydrogen-bond acceptors (Lipinski definition) is 3. The van der Waals surface area contributed by atoms with Crippen LogP contribution in [0.1, 0.15) is 19.4 Å². The van der Waals surface area contributed by atoms with Gasteiger partial charge in [-0.05, 0) is 44.2 Å². The molecule has 17 heavy (non-hydrogen) atoms. The molecule has 0 radical (unpaired) electrons. The topological polar surface area (TPSA) is 28.2 Å². The van der Waals surface area contributed by atoms with Gasteiger partial charge >= 0.3 is 0 Å². The molecule has 3 rings (SSSR count). The molecule has 2 saturated heterocycles. The Morgan fingerprint density at radius 3 is 2.94 bits per heavy atom. The fourth-order valence-corrected chi connectivity index (χ4v) is 3.54. The summed E-state index contributed by atoms with van der Waals surface area (Å²) < 4.78 is 0. The van der Waals surface area contributed by atoms with E-state index >= 15 is 0 Å². The van der Waals surface area contributed by atoms with Crippen molar-refractivity contribution >= 4 is 5.82 Å². The van der Waals surface area contributed by atoms with Crippen molar-refractivity contribution in [3.05, 3.63) is 23.9 Å². The molecule has 3 nitrogen and oxygen atoms in total. The number of aryl methyl sites for hydroxylation is 1. The van der Waals surface area contributed by atoms with Crippen LogP contribution >= 0.6 is 0 Å². The number of rotatable bonds is 1. The van der Waals surface area contributed by atoms with Gasteiger partial charge in [-0.3, -0.25) is 0 Å². The monoisotopic (exact) mass is 231 g/mol. The molecule has 0 amide bonds. The molecule has 0 spiro atoms. The first-order valence-electron chi connectivity index (χ1n) is 6.50. The van der Waals surface area contributed by atoms with Gasteiger partial charge in [-0.1, -0.05) is 6.07 Å². The third-order valence-electron chi connectivity index (χ3n) is 4.60. The zero-order valence-corrected chi connectivity index (χ0v) is 10.9. The summed E-state index contributed by atoms with van der Waals surface area (Å²) in [6.45, 7) is 10.3. The Kier molecular flexibility index (Phi) is 2.40. The molecule has 3 heterocycles. The molecule has 3 heteroatoms. The van der Waals surface area contributed by atoms with Gasteiger partial charge < -0.3 is 10.2 Å². The van der Waals surface area contributed by atoms with E-state index in [0.717, 1.165) is 31.5 Å². The number of fused-ring (bicyclic) bond motifs is 1. The van der Waals surface area contributed by atoms with E-state index in [-0.39, 0.29) is 5.54 Å². The van der Waals surface area contributed by atoms with Crippen LogP contribution in [0.2, 0.25) is 0 Å². The maximum Gasteiger partial charge on any atom is 0.131 e. The van der Waals surface area contributed by atoms with Crippen molar-refractivity contribution < 1.29 is 0 Å². The summed E-state index contributed by atoms with van der Waals surface area (Å²) in [4.78, 5) is 7.10. The summed E-state index contributed by atoms with van der Waals surface area (Å²) >= 11 is 0. The highest BCUT2D eigenvalue weighted by atomic mass is 15.3. The first-order chi connectivity index (χ1) is 8.10. The van der Waals surface area contributed by atoms with E-state index in [1.807, 2.05) is 12.3 Å². The maximum atomic E-state index is 4.59. The van der Waals surface area contributed by atoms with E-state index in [1.54, 1.807) is 0 Å². The molecule has 2 unspecified atom stereocenters. The number of anilines is 1. The number of nitrogens with zero attached hydrogens (tertiary/aromatic N) is 2. The van der Waals surface area contributed by atoms with Crippen LogP contribution in [-0.2, 0) is 0 Å². The second-order valence-corrected chi connectivity index (χ2v) is 5.93. The van der Waals surface area contributed by atoms with Gasteiger partial charge in [-0.2, -0.15) is 0 Å². The number of aromatic nitrogens is 1. The van der Waals surface area contributed by atoms with E-state index in [2.05, 4.69) is 42.0 Å². The van der Waals surface area contributed by atoms with Crippen molar-refractivity contribution in [3.8, 4) is 0 Å². The second-order valence-electron chi connectivity index (χ2n) is 5.93. The third kappa shape index (κ3) is 1.56. The Hall–Kier alpha value is -1.09. The number of nitrogens with one attached hydrogen (secondary N) is 1. The normalized spacial score (nSPS) is 30.6. The van der Waals surface area contributed by atoms with Crippen LogP contribution in [0.25, 0.3) is 0 Å². The highest BCUT2D eigenvalue weighted by molar-refractivity contribution is 5.50. The molecule has 0 aromatic carbocycles. The average molecular weight is 231 g/mol. The van der Waals surface area contributed by atoms with E-state index in [4.69, 9.17) is 0 Å². The summed E-state index contributed by atoms with van der Waals surface area (Å²) in [5.74, 6) is 2.71. The van der Waals surface area contributed by atoms with Crippen LogP contribution in [0.5, 0.6) is 0 Å². The molecule has 2 aliphatic heterocycles. The average Bonchev–Trinajstić information content (AvgIpc) is 2.83.